The Bertz CT molecular complexity index is 445. The molecule has 0 aromatic carbocycles. The minimum atomic E-state index is -3.04. The summed E-state index contributed by atoms with van der Waals surface area (Å²) >= 11 is 0. The zero-order valence-electron chi connectivity index (χ0n) is 11.3. The number of hydrogen-bond donors (Lipinski definition) is 1. The number of sulfone groups is 1. The minimum Gasteiger partial charge on any atom is -0.312 e. The topological polar surface area (TPSA) is 59.1 Å². The molecule has 4 nitrogen and oxygen atoms in total. The van der Waals surface area contributed by atoms with E-state index in [1.54, 1.807) is 13.1 Å². The zero-order valence-corrected chi connectivity index (χ0v) is 12.1. The van der Waals surface area contributed by atoms with E-state index in [9.17, 15) is 8.42 Å². The van der Waals surface area contributed by atoms with Crippen LogP contribution in [0.3, 0.4) is 0 Å². The van der Waals surface area contributed by atoms with Crippen molar-refractivity contribution in [3.05, 3.63) is 30.1 Å². The highest BCUT2D eigenvalue weighted by atomic mass is 32.2. The molecule has 0 radical (unpaired) electrons. The molecular formula is C13H22N2O2S. The second kappa shape index (κ2) is 6.85. The third-order valence-corrected chi connectivity index (χ3v) is 4.73. The molecule has 2 atom stereocenters. The summed E-state index contributed by atoms with van der Waals surface area (Å²) in [6, 6.07) is 5.62. The lowest BCUT2D eigenvalue weighted by Gasteiger charge is -2.23. The van der Waals surface area contributed by atoms with Gasteiger partial charge in [0.1, 0.15) is 0 Å². The van der Waals surface area contributed by atoms with Crippen LogP contribution in [0.15, 0.2) is 24.4 Å². The average Bonchev–Trinajstić information content (AvgIpc) is 2.33. The first-order chi connectivity index (χ1) is 8.45. The van der Waals surface area contributed by atoms with Crippen LogP contribution in [0.2, 0.25) is 0 Å². The fourth-order valence-corrected chi connectivity index (χ4v) is 2.57. The van der Waals surface area contributed by atoms with E-state index >= 15 is 0 Å². The van der Waals surface area contributed by atoms with Gasteiger partial charge in [-0.05, 0) is 32.0 Å². The van der Waals surface area contributed by atoms with Gasteiger partial charge in [-0.25, -0.2) is 8.42 Å². The molecule has 0 saturated carbocycles. The molecule has 0 aliphatic heterocycles. The summed E-state index contributed by atoms with van der Waals surface area (Å²) in [7, 11) is -3.04. The van der Waals surface area contributed by atoms with Crippen molar-refractivity contribution < 1.29 is 8.42 Å². The summed E-state index contributed by atoms with van der Waals surface area (Å²) < 4.78 is 23.3. The van der Waals surface area contributed by atoms with Gasteiger partial charge in [0, 0.05) is 30.6 Å². The normalized spacial score (nSPS) is 15.3. The first kappa shape index (κ1) is 15.1. The van der Waals surface area contributed by atoms with Crippen molar-refractivity contribution in [2.24, 2.45) is 0 Å². The molecule has 1 rings (SSSR count). The summed E-state index contributed by atoms with van der Waals surface area (Å²) in [6.45, 7) is 4.64. The SMILES string of the molecule is CCCNC(Cc1ccccn1)C(C)S(C)(=O)=O. The van der Waals surface area contributed by atoms with E-state index in [1.165, 1.54) is 6.26 Å². The fourth-order valence-electron chi connectivity index (χ4n) is 1.78. The van der Waals surface area contributed by atoms with Crippen molar-refractivity contribution in [1.82, 2.24) is 10.3 Å². The third kappa shape index (κ3) is 4.74. The Kier molecular flexibility index (Phi) is 5.75. The molecule has 102 valence electrons. The Morgan fingerprint density at radius 2 is 2.11 bits per heavy atom. The van der Waals surface area contributed by atoms with Crippen molar-refractivity contribution in [2.75, 3.05) is 12.8 Å². The molecule has 0 spiro atoms. The van der Waals surface area contributed by atoms with Gasteiger partial charge in [-0.3, -0.25) is 4.98 Å². The van der Waals surface area contributed by atoms with Gasteiger partial charge in [0.2, 0.25) is 0 Å². The molecular weight excluding hydrogens is 248 g/mol. The van der Waals surface area contributed by atoms with Crippen LogP contribution in [-0.4, -0.2) is 37.5 Å². The lowest BCUT2D eigenvalue weighted by molar-refractivity contribution is 0.478. The van der Waals surface area contributed by atoms with Crippen LogP contribution in [0.25, 0.3) is 0 Å². The van der Waals surface area contributed by atoms with Gasteiger partial charge in [0.15, 0.2) is 9.84 Å². The molecule has 18 heavy (non-hydrogen) atoms. The lowest BCUT2D eigenvalue weighted by Crippen LogP contribution is -2.44. The van der Waals surface area contributed by atoms with Crippen molar-refractivity contribution >= 4 is 9.84 Å². The highest BCUT2D eigenvalue weighted by Crippen LogP contribution is 2.10. The predicted octanol–water partition coefficient (Wildman–Crippen LogP) is 1.43. The molecule has 0 fully saturated rings. The van der Waals surface area contributed by atoms with Crippen molar-refractivity contribution in [1.29, 1.82) is 0 Å². The molecule has 0 bridgehead atoms. The summed E-state index contributed by atoms with van der Waals surface area (Å²) in [5.41, 5.74) is 0.918. The van der Waals surface area contributed by atoms with E-state index in [4.69, 9.17) is 0 Å². The third-order valence-electron chi connectivity index (χ3n) is 3.05. The smallest absolute Gasteiger partial charge is 0.151 e. The van der Waals surface area contributed by atoms with Crippen LogP contribution < -0.4 is 5.32 Å². The molecule has 1 aromatic rings. The maximum absolute atomic E-state index is 11.7. The maximum atomic E-state index is 11.7. The van der Waals surface area contributed by atoms with Crippen LogP contribution in [-0.2, 0) is 16.3 Å². The molecule has 1 heterocycles. The Hall–Kier alpha value is -0.940. The maximum Gasteiger partial charge on any atom is 0.151 e. The molecule has 0 saturated heterocycles. The second-order valence-corrected chi connectivity index (χ2v) is 7.02. The van der Waals surface area contributed by atoms with E-state index in [0.29, 0.717) is 6.42 Å². The number of aromatic nitrogens is 1. The Labute approximate surface area is 110 Å². The summed E-state index contributed by atoms with van der Waals surface area (Å²) in [6.07, 6.45) is 4.64. The molecule has 5 heteroatoms. The van der Waals surface area contributed by atoms with E-state index in [-0.39, 0.29) is 6.04 Å². The molecule has 1 N–H and O–H groups in total. The first-order valence-electron chi connectivity index (χ1n) is 6.27. The van der Waals surface area contributed by atoms with Crippen molar-refractivity contribution in [3.63, 3.8) is 0 Å². The number of rotatable bonds is 7. The standard InChI is InChI=1S/C13H22N2O2S/c1-4-8-15-13(11(2)18(3,16)17)10-12-7-5-6-9-14-12/h5-7,9,11,13,15H,4,8,10H2,1-3H3. The van der Waals surface area contributed by atoms with Gasteiger partial charge in [-0.1, -0.05) is 13.0 Å². The monoisotopic (exact) mass is 270 g/mol. The summed E-state index contributed by atoms with van der Waals surface area (Å²) in [5.74, 6) is 0. The Morgan fingerprint density at radius 1 is 1.39 bits per heavy atom. The molecule has 2 unspecified atom stereocenters. The van der Waals surface area contributed by atoms with Crippen LogP contribution in [0.5, 0.6) is 0 Å². The van der Waals surface area contributed by atoms with E-state index < -0.39 is 15.1 Å². The van der Waals surface area contributed by atoms with E-state index in [1.807, 2.05) is 18.2 Å². The predicted molar refractivity (Wildman–Crippen MR) is 74.3 cm³/mol. The number of pyridine rings is 1. The summed E-state index contributed by atoms with van der Waals surface area (Å²) in [4.78, 5) is 4.26. The van der Waals surface area contributed by atoms with Crippen LogP contribution in [0.1, 0.15) is 26.0 Å². The first-order valence-corrected chi connectivity index (χ1v) is 8.22. The highest BCUT2D eigenvalue weighted by Gasteiger charge is 2.25. The van der Waals surface area contributed by atoms with E-state index in [2.05, 4.69) is 17.2 Å². The van der Waals surface area contributed by atoms with Gasteiger partial charge < -0.3 is 5.32 Å². The highest BCUT2D eigenvalue weighted by molar-refractivity contribution is 7.91. The fraction of sp³-hybridized carbons (Fsp3) is 0.615. The molecule has 1 aromatic heterocycles. The van der Waals surface area contributed by atoms with Gasteiger partial charge in [0.25, 0.3) is 0 Å². The second-order valence-electron chi connectivity index (χ2n) is 4.62. The quantitative estimate of drug-likeness (QED) is 0.814. The van der Waals surface area contributed by atoms with Gasteiger partial charge in [-0.15, -0.1) is 0 Å². The lowest BCUT2D eigenvalue weighted by atomic mass is 10.1. The zero-order chi connectivity index (χ0) is 13.6. The van der Waals surface area contributed by atoms with Crippen molar-refractivity contribution in [3.8, 4) is 0 Å². The van der Waals surface area contributed by atoms with Crippen molar-refractivity contribution in [2.45, 2.75) is 38.0 Å². The van der Waals surface area contributed by atoms with Gasteiger partial charge in [-0.2, -0.15) is 0 Å². The number of nitrogens with one attached hydrogen (secondary N) is 1. The van der Waals surface area contributed by atoms with Gasteiger partial charge in [0.05, 0.1) is 5.25 Å². The van der Waals surface area contributed by atoms with Crippen LogP contribution in [0, 0.1) is 0 Å². The molecule has 0 aliphatic carbocycles. The van der Waals surface area contributed by atoms with E-state index in [0.717, 1.165) is 18.7 Å². The average molecular weight is 270 g/mol. The summed E-state index contributed by atoms with van der Waals surface area (Å²) in [5, 5.41) is 2.89. The molecule has 0 aliphatic rings. The minimum absolute atomic E-state index is 0.0881. The number of hydrogen-bond acceptors (Lipinski definition) is 4. The largest absolute Gasteiger partial charge is 0.312 e. The Balaban J connectivity index is 2.79. The van der Waals surface area contributed by atoms with Gasteiger partial charge >= 0.3 is 0 Å². The molecule has 0 amide bonds. The Morgan fingerprint density at radius 3 is 2.61 bits per heavy atom. The van der Waals surface area contributed by atoms with Crippen LogP contribution in [0.4, 0.5) is 0 Å². The van der Waals surface area contributed by atoms with Crippen LogP contribution >= 0.6 is 0 Å². The number of nitrogens with zero attached hydrogens (tertiary/aromatic N) is 1.